The molecule has 0 fully saturated rings. The molecule has 1 unspecified atom stereocenters. The van der Waals surface area contributed by atoms with Gasteiger partial charge >= 0.3 is 7.60 Å². The Morgan fingerprint density at radius 3 is 2.45 bits per heavy atom. The van der Waals surface area contributed by atoms with Crippen LogP contribution in [0.15, 0.2) is 23.3 Å². The minimum Gasteiger partial charge on any atom is -0.366 e. The van der Waals surface area contributed by atoms with Crippen molar-refractivity contribution in [3.05, 3.63) is 38.6 Å². The molecule has 0 spiro atoms. The Kier molecular flexibility index (Phi) is 10.8. The summed E-state index contributed by atoms with van der Waals surface area (Å²) in [6.07, 6.45) is 5.69. The second kappa shape index (κ2) is 11.8. The number of hydrogen-bond acceptors (Lipinski definition) is 5. The summed E-state index contributed by atoms with van der Waals surface area (Å²) in [6, 6.07) is 2.09. The van der Waals surface area contributed by atoms with Crippen LogP contribution in [0.2, 0.25) is 0 Å². The topological polar surface area (TPSA) is 93.1 Å². The summed E-state index contributed by atoms with van der Waals surface area (Å²) in [5, 5.41) is 0. The smallest absolute Gasteiger partial charge is 0.335 e. The molecule has 0 saturated carbocycles. The van der Waals surface area contributed by atoms with Gasteiger partial charge in [-0.3, -0.25) is 9.13 Å². The third kappa shape index (κ3) is 11.4. The molecule has 0 radical (unpaired) electrons. The lowest BCUT2D eigenvalue weighted by molar-refractivity contribution is 0.143. The molecule has 29 heavy (non-hydrogen) atoms. The number of allylic oxidation sites excluding steroid dienone is 3. The van der Waals surface area contributed by atoms with Gasteiger partial charge in [0.2, 0.25) is 7.37 Å². The Hall–Kier alpha value is -0.520. The van der Waals surface area contributed by atoms with Gasteiger partial charge in [0, 0.05) is 9.75 Å². The first-order valence-electron chi connectivity index (χ1n) is 9.58. The van der Waals surface area contributed by atoms with Crippen LogP contribution in [0.1, 0.15) is 62.8 Å². The molecule has 0 aliphatic carbocycles. The lowest BCUT2D eigenvalue weighted by Gasteiger charge is -2.21. The fourth-order valence-corrected chi connectivity index (χ4v) is 7.89. The molecule has 0 bridgehead atoms. The average Bonchev–Trinajstić information content (AvgIpc) is 2.83. The Morgan fingerprint density at radius 1 is 1.24 bits per heavy atom. The van der Waals surface area contributed by atoms with Crippen LogP contribution in [0.5, 0.6) is 0 Å². The molecule has 0 aliphatic rings. The molecular formula is C20H34O6P2S. The summed E-state index contributed by atoms with van der Waals surface area (Å²) in [7, 11) is -8.05. The van der Waals surface area contributed by atoms with E-state index in [1.165, 1.54) is 11.1 Å². The third-order valence-corrected chi connectivity index (χ3v) is 9.58. The van der Waals surface area contributed by atoms with Crippen LogP contribution in [-0.2, 0) is 25.0 Å². The average molecular weight is 465 g/mol. The van der Waals surface area contributed by atoms with E-state index in [2.05, 4.69) is 39.0 Å². The van der Waals surface area contributed by atoms with Crippen LogP contribution in [0.3, 0.4) is 0 Å². The Balaban J connectivity index is 2.73. The summed E-state index contributed by atoms with van der Waals surface area (Å²) >= 11 is 1.60. The predicted octanol–water partition coefficient (Wildman–Crippen LogP) is 6.52. The van der Waals surface area contributed by atoms with Gasteiger partial charge in [-0.1, -0.05) is 17.2 Å². The molecule has 1 aromatic rings. The van der Waals surface area contributed by atoms with Gasteiger partial charge in [0.15, 0.2) is 0 Å². The van der Waals surface area contributed by atoms with E-state index in [0.29, 0.717) is 0 Å². The molecule has 166 valence electrons. The quantitative estimate of drug-likeness (QED) is 0.270. The van der Waals surface area contributed by atoms with E-state index in [1.54, 1.807) is 25.2 Å². The van der Waals surface area contributed by atoms with E-state index >= 15 is 0 Å². The van der Waals surface area contributed by atoms with E-state index in [1.807, 2.05) is 6.92 Å². The van der Waals surface area contributed by atoms with Crippen molar-refractivity contribution in [1.29, 1.82) is 0 Å². The first-order chi connectivity index (χ1) is 13.3. The van der Waals surface area contributed by atoms with Gasteiger partial charge in [0.05, 0.1) is 12.7 Å². The second-order valence-corrected chi connectivity index (χ2v) is 13.5. The zero-order chi connectivity index (χ0) is 22.2. The molecule has 1 rings (SSSR count). The van der Waals surface area contributed by atoms with Crippen molar-refractivity contribution in [2.75, 3.05) is 12.3 Å². The number of hydrogen-bond donors (Lipinski definition) is 2. The van der Waals surface area contributed by atoms with Gasteiger partial charge in [-0.15, -0.1) is 11.3 Å². The maximum Gasteiger partial charge on any atom is 0.335 e. The fraction of sp³-hybridized carbons (Fsp3) is 0.600. The normalized spacial score (nSPS) is 14.9. The van der Waals surface area contributed by atoms with Gasteiger partial charge in [-0.25, -0.2) is 0 Å². The van der Waals surface area contributed by atoms with Crippen molar-refractivity contribution < 1.29 is 28.2 Å². The fourth-order valence-electron chi connectivity index (χ4n) is 2.71. The molecular weight excluding hydrogens is 430 g/mol. The summed E-state index contributed by atoms with van der Waals surface area (Å²) in [5.74, 6) is -0.805. The molecule has 0 aromatic carbocycles. The van der Waals surface area contributed by atoms with Crippen LogP contribution < -0.4 is 0 Å². The number of aryl methyl sites for hydroxylation is 1. The standard InChI is InChI=1S/C20H34O6P2S/c1-15(2)8-7-9-17(5)10-19-11-18(6)20(29-19)12-25-13-27(21,26-16(3)4)14-28(22,23)24/h8,10-11,16H,7,9,12-14H2,1-6H3,(H2,22,23,24). The summed E-state index contributed by atoms with van der Waals surface area (Å²) in [4.78, 5) is 20.5. The first kappa shape index (κ1) is 26.5. The van der Waals surface area contributed by atoms with Crippen molar-refractivity contribution in [2.45, 2.75) is 67.1 Å². The maximum atomic E-state index is 12.8. The monoisotopic (exact) mass is 464 g/mol. The maximum absolute atomic E-state index is 12.8. The van der Waals surface area contributed by atoms with Crippen molar-refractivity contribution in [1.82, 2.24) is 0 Å². The lowest BCUT2D eigenvalue weighted by atomic mass is 10.1. The third-order valence-electron chi connectivity index (χ3n) is 3.84. The van der Waals surface area contributed by atoms with Crippen molar-refractivity contribution >= 4 is 32.4 Å². The van der Waals surface area contributed by atoms with Crippen LogP contribution in [0.4, 0.5) is 0 Å². The summed E-state index contributed by atoms with van der Waals surface area (Å²) in [5.41, 5.74) is 3.70. The highest BCUT2D eigenvalue weighted by Gasteiger charge is 2.34. The highest BCUT2D eigenvalue weighted by Crippen LogP contribution is 2.59. The molecule has 6 nitrogen and oxygen atoms in total. The highest BCUT2D eigenvalue weighted by molar-refractivity contribution is 7.73. The molecule has 1 heterocycles. The number of ether oxygens (including phenoxy) is 1. The Labute approximate surface area is 178 Å². The van der Waals surface area contributed by atoms with Crippen LogP contribution in [-0.4, -0.2) is 28.1 Å². The summed E-state index contributed by atoms with van der Waals surface area (Å²) < 4.78 is 35.0. The largest absolute Gasteiger partial charge is 0.366 e. The molecule has 1 aromatic heterocycles. The molecule has 1 atom stereocenters. The molecule has 9 heteroatoms. The molecule has 2 N–H and O–H groups in total. The van der Waals surface area contributed by atoms with Crippen molar-refractivity contribution in [3.63, 3.8) is 0 Å². The van der Waals surface area contributed by atoms with Crippen LogP contribution >= 0.6 is 26.3 Å². The molecule has 0 aliphatic heterocycles. The van der Waals surface area contributed by atoms with Gasteiger partial charge in [-0.2, -0.15) is 0 Å². The molecule has 0 saturated heterocycles. The summed E-state index contributed by atoms with van der Waals surface area (Å²) in [6.45, 7) is 11.9. The minimum atomic E-state index is -4.47. The first-order valence-corrected chi connectivity index (χ1v) is 14.2. The van der Waals surface area contributed by atoms with Crippen molar-refractivity contribution in [2.24, 2.45) is 0 Å². The second-order valence-electron chi connectivity index (χ2n) is 7.82. The van der Waals surface area contributed by atoms with Gasteiger partial charge < -0.3 is 19.0 Å². The predicted molar refractivity (Wildman–Crippen MR) is 122 cm³/mol. The van der Waals surface area contributed by atoms with E-state index in [4.69, 9.17) is 9.26 Å². The highest BCUT2D eigenvalue weighted by atomic mass is 32.1. The molecule has 0 amide bonds. The zero-order valence-corrected chi connectivity index (χ0v) is 20.8. The van der Waals surface area contributed by atoms with E-state index in [0.717, 1.165) is 28.2 Å². The number of thiophene rings is 1. The minimum absolute atomic E-state index is 0.230. The van der Waals surface area contributed by atoms with Gasteiger partial charge in [0.25, 0.3) is 0 Å². The van der Waals surface area contributed by atoms with Gasteiger partial charge in [0.1, 0.15) is 12.3 Å². The Morgan fingerprint density at radius 2 is 1.90 bits per heavy atom. The Bertz CT molecular complexity index is 815. The van der Waals surface area contributed by atoms with Gasteiger partial charge in [-0.05, 0) is 72.1 Å². The lowest BCUT2D eigenvalue weighted by Crippen LogP contribution is -2.09. The number of rotatable bonds is 12. The SMILES string of the molecule is CC(C)=CCCC(C)=Cc1cc(C)c(COCP(=O)(CP(=O)(O)O)OC(C)C)s1. The zero-order valence-electron chi connectivity index (χ0n) is 18.2. The van der Waals surface area contributed by atoms with Crippen molar-refractivity contribution in [3.8, 4) is 0 Å². The van der Waals surface area contributed by atoms with E-state index < -0.39 is 27.0 Å². The van der Waals surface area contributed by atoms with Crippen LogP contribution in [0, 0.1) is 6.92 Å². The van der Waals surface area contributed by atoms with E-state index in [-0.39, 0.29) is 13.0 Å². The van der Waals surface area contributed by atoms with Crippen LogP contribution in [0.25, 0.3) is 6.08 Å². The van der Waals surface area contributed by atoms with E-state index in [9.17, 15) is 18.9 Å².